The first-order valence-corrected chi connectivity index (χ1v) is 8.42. The van der Waals surface area contributed by atoms with E-state index in [4.69, 9.17) is 10.2 Å². The molecule has 5 rings (SSSR count). The van der Waals surface area contributed by atoms with Crippen LogP contribution in [0.2, 0.25) is 0 Å². The molecule has 2 atom stereocenters. The van der Waals surface area contributed by atoms with Crippen LogP contribution in [0.3, 0.4) is 0 Å². The molecule has 3 aromatic rings. The van der Waals surface area contributed by atoms with Gasteiger partial charge >= 0.3 is 0 Å². The minimum atomic E-state index is -0.468. The van der Waals surface area contributed by atoms with Crippen LogP contribution in [0, 0.1) is 0 Å². The number of nitrogens with zero attached hydrogens (tertiary/aromatic N) is 1. The van der Waals surface area contributed by atoms with Crippen LogP contribution in [0.15, 0.2) is 46.9 Å². The molecule has 2 aliphatic rings. The molecular formula is C20H18N2O2. The Bertz CT molecular complexity index is 938. The minimum absolute atomic E-state index is 0.326. The van der Waals surface area contributed by atoms with Gasteiger partial charge in [-0.3, -0.25) is 0 Å². The Morgan fingerprint density at radius 3 is 2.46 bits per heavy atom. The van der Waals surface area contributed by atoms with Gasteiger partial charge in [-0.1, -0.05) is 30.3 Å². The van der Waals surface area contributed by atoms with Crippen LogP contribution in [0.25, 0.3) is 22.2 Å². The highest BCUT2D eigenvalue weighted by molar-refractivity contribution is 5.81. The lowest BCUT2D eigenvalue weighted by atomic mass is 10.0. The van der Waals surface area contributed by atoms with Crippen LogP contribution >= 0.6 is 0 Å². The minimum Gasteiger partial charge on any atom is -0.440 e. The number of carbonyl (C=O) groups is 1. The van der Waals surface area contributed by atoms with Crippen molar-refractivity contribution in [2.75, 3.05) is 0 Å². The summed E-state index contributed by atoms with van der Waals surface area (Å²) in [7, 11) is 0. The SMILES string of the molecule is N[C@H]1CC1c1ccc(-c2ccc3nc(C4(C=O)CC4)oc3c2)cc1. The molecule has 1 heterocycles. The lowest BCUT2D eigenvalue weighted by molar-refractivity contribution is -0.110. The molecule has 120 valence electrons. The molecule has 2 fully saturated rings. The molecule has 4 heteroatoms. The Balaban J connectivity index is 1.49. The number of hydrogen-bond donors (Lipinski definition) is 1. The predicted molar refractivity (Wildman–Crippen MR) is 91.8 cm³/mol. The van der Waals surface area contributed by atoms with E-state index in [1.54, 1.807) is 0 Å². The third kappa shape index (κ3) is 2.10. The zero-order valence-electron chi connectivity index (χ0n) is 13.2. The molecule has 0 saturated heterocycles. The first kappa shape index (κ1) is 13.9. The van der Waals surface area contributed by atoms with E-state index in [0.717, 1.165) is 47.8 Å². The molecule has 1 aromatic heterocycles. The summed E-state index contributed by atoms with van der Waals surface area (Å²) in [5.41, 5.74) is 10.5. The number of oxazole rings is 1. The van der Waals surface area contributed by atoms with Gasteiger partial charge in [-0.2, -0.15) is 0 Å². The third-order valence-electron chi connectivity index (χ3n) is 5.34. The van der Waals surface area contributed by atoms with E-state index in [0.29, 0.717) is 17.9 Å². The average molecular weight is 318 g/mol. The summed E-state index contributed by atoms with van der Waals surface area (Å²) in [6, 6.07) is 14.9. The number of aldehydes is 1. The largest absolute Gasteiger partial charge is 0.440 e. The Hall–Kier alpha value is -2.46. The van der Waals surface area contributed by atoms with Crippen LogP contribution in [-0.4, -0.2) is 17.3 Å². The van der Waals surface area contributed by atoms with E-state index in [1.165, 1.54) is 5.56 Å². The zero-order valence-corrected chi connectivity index (χ0v) is 13.2. The number of nitrogens with two attached hydrogens (primary N) is 1. The van der Waals surface area contributed by atoms with Gasteiger partial charge in [-0.25, -0.2) is 4.98 Å². The number of carbonyl (C=O) groups excluding carboxylic acids is 1. The number of rotatable bonds is 4. The smallest absolute Gasteiger partial charge is 0.208 e. The standard InChI is InChI=1S/C20H18N2O2/c21-16-10-15(16)13-3-1-12(2-4-13)14-5-6-17-18(9-14)24-19(22-17)20(11-23)7-8-20/h1-6,9,11,15-16H,7-8,10,21H2/t15?,16-/m0/s1. The van der Waals surface area contributed by atoms with E-state index >= 15 is 0 Å². The van der Waals surface area contributed by atoms with E-state index < -0.39 is 5.41 Å². The van der Waals surface area contributed by atoms with E-state index in [2.05, 4.69) is 29.2 Å². The van der Waals surface area contributed by atoms with Crippen molar-refractivity contribution < 1.29 is 9.21 Å². The zero-order chi connectivity index (χ0) is 16.3. The van der Waals surface area contributed by atoms with Crippen LogP contribution in [0.4, 0.5) is 0 Å². The molecule has 0 radical (unpaired) electrons. The summed E-state index contributed by atoms with van der Waals surface area (Å²) < 4.78 is 5.88. The van der Waals surface area contributed by atoms with Crippen molar-refractivity contribution >= 4 is 17.4 Å². The first-order chi connectivity index (χ1) is 11.7. The highest BCUT2D eigenvalue weighted by Crippen LogP contribution is 2.46. The Morgan fingerprint density at radius 2 is 1.83 bits per heavy atom. The van der Waals surface area contributed by atoms with E-state index in [-0.39, 0.29) is 0 Å². The summed E-state index contributed by atoms with van der Waals surface area (Å²) in [5, 5.41) is 0. The molecule has 0 spiro atoms. The average Bonchev–Trinajstić information content (AvgIpc) is 3.52. The van der Waals surface area contributed by atoms with Crippen molar-refractivity contribution in [3.05, 3.63) is 53.9 Å². The molecule has 1 unspecified atom stereocenters. The van der Waals surface area contributed by atoms with Gasteiger partial charge in [0.1, 0.15) is 17.2 Å². The Labute approximate surface area is 139 Å². The number of benzene rings is 2. The van der Waals surface area contributed by atoms with Gasteiger partial charge in [0.25, 0.3) is 0 Å². The quantitative estimate of drug-likeness (QED) is 0.747. The van der Waals surface area contributed by atoms with Gasteiger partial charge in [0.05, 0.1) is 0 Å². The molecule has 0 aliphatic heterocycles. The van der Waals surface area contributed by atoms with Gasteiger partial charge in [0.2, 0.25) is 5.89 Å². The molecular weight excluding hydrogens is 300 g/mol. The summed E-state index contributed by atoms with van der Waals surface area (Å²) in [6.45, 7) is 0. The predicted octanol–water partition coefficient (Wildman–Crippen LogP) is 3.54. The molecule has 24 heavy (non-hydrogen) atoms. The fourth-order valence-electron chi connectivity index (χ4n) is 3.35. The highest BCUT2D eigenvalue weighted by Gasteiger charge is 2.49. The van der Waals surface area contributed by atoms with Crippen molar-refractivity contribution in [1.82, 2.24) is 4.98 Å². The lowest BCUT2D eigenvalue weighted by Crippen LogP contribution is -2.07. The third-order valence-corrected chi connectivity index (χ3v) is 5.34. The topological polar surface area (TPSA) is 69.1 Å². The van der Waals surface area contributed by atoms with Gasteiger partial charge in [-0.05, 0) is 48.1 Å². The first-order valence-electron chi connectivity index (χ1n) is 8.42. The normalized spacial score (nSPS) is 24.0. The lowest BCUT2D eigenvalue weighted by Gasteiger charge is -2.04. The summed E-state index contributed by atoms with van der Waals surface area (Å²) in [6.07, 6.45) is 3.73. The Kier molecular flexibility index (Phi) is 2.77. The Morgan fingerprint density at radius 1 is 1.12 bits per heavy atom. The van der Waals surface area contributed by atoms with Crippen LogP contribution in [0.1, 0.15) is 36.6 Å². The van der Waals surface area contributed by atoms with Gasteiger partial charge < -0.3 is 14.9 Å². The van der Waals surface area contributed by atoms with Crippen LogP contribution < -0.4 is 5.73 Å². The fourth-order valence-corrected chi connectivity index (χ4v) is 3.35. The van der Waals surface area contributed by atoms with Crippen LogP contribution in [0.5, 0.6) is 0 Å². The molecule has 2 N–H and O–H groups in total. The second kappa shape index (κ2) is 4.77. The van der Waals surface area contributed by atoms with Crippen molar-refractivity contribution in [3.8, 4) is 11.1 Å². The van der Waals surface area contributed by atoms with Gasteiger partial charge in [0.15, 0.2) is 5.58 Å². The van der Waals surface area contributed by atoms with Crippen LogP contribution in [-0.2, 0) is 10.2 Å². The second-order valence-electron chi connectivity index (χ2n) is 7.10. The molecule has 0 bridgehead atoms. The summed E-state index contributed by atoms with van der Waals surface area (Å²) in [4.78, 5) is 15.8. The number of aromatic nitrogens is 1. The molecule has 4 nitrogen and oxygen atoms in total. The highest BCUT2D eigenvalue weighted by atomic mass is 16.4. The molecule has 2 saturated carbocycles. The summed E-state index contributed by atoms with van der Waals surface area (Å²) in [5.74, 6) is 1.08. The van der Waals surface area contributed by atoms with Crippen molar-refractivity contribution in [2.24, 2.45) is 5.73 Å². The van der Waals surface area contributed by atoms with Gasteiger partial charge in [0, 0.05) is 12.0 Å². The second-order valence-corrected chi connectivity index (χ2v) is 7.10. The monoisotopic (exact) mass is 318 g/mol. The van der Waals surface area contributed by atoms with Crippen molar-refractivity contribution in [2.45, 2.75) is 36.6 Å². The molecule has 2 aliphatic carbocycles. The molecule has 0 amide bonds. The van der Waals surface area contributed by atoms with E-state index in [9.17, 15) is 4.79 Å². The molecule has 2 aromatic carbocycles. The van der Waals surface area contributed by atoms with Gasteiger partial charge in [-0.15, -0.1) is 0 Å². The van der Waals surface area contributed by atoms with Crippen molar-refractivity contribution in [3.63, 3.8) is 0 Å². The summed E-state index contributed by atoms with van der Waals surface area (Å²) >= 11 is 0. The maximum absolute atomic E-state index is 11.3. The number of fused-ring (bicyclic) bond motifs is 1. The number of hydrogen-bond acceptors (Lipinski definition) is 4. The maximum Gasteiger partial charge on any atom is 0.208 e. The fraction of sp³-hybridized carbons (Fsp3) is 0.300. The van der Waals surface area contributed by atoms with Crippen molar-refractivity contribution in [1.29, 1.82) is 0 Å². The maximum atomic E-state index is 11.3. The van der Waals surface area contributed by atoms with E-state index in [1.807, 2.05) is 18.2 Å².